The third-order valence-electron chi connectivity index (χ3n) is 6.26. The quantitative estimate of drug-likeness (QED) is 0.768. The van der Waals surface area contributed by atoms with E-state index in [9.17, 15) is 9.59 Å². The van der Waals surface area contributed by atoms with Crippen LogP contribution in [0, 0.1) is 11.8 Å². The number of carbonyl (C=O) groups excluding carboxylic acids is 2. The maximum atomic E-state index is 13.1. The van der Waals surface area contributed by atoms with Crippen molar-refractivity contribution in [2.45, 2.75) is 37.8 Å². The van der Waals surface area contributed by atoms with Gasteiger partial charge in [-0.05, 0) is 25.0 Å². The van der Waals surface area contributed by atoms with Gasteiger partial charge in [-0.25, -0.2) is 10.4 Å². The van der Waals surface area contributed by atoms with E-state index in [4.69, 9.17) is 4.74 Å². The van der Waals surface area contributed by atoms with E-state index in [0.717, 1.165) is 25.1 Å². The highest BCUT2D eigenvalue weighted by Gasteiger charge is 2.50. The molecular formula is C21H30N4O3. The molecule has 3 unspecified atom stereocenters. The van der Waals surface area contributed by atoms with E-state index in [1.807, 2.05) is 30.3 Å². The van der Waals surface area contributed by atoms with Crippen LogP contribution in [0.5, 0.6) is 0 Å². The van der Waals surface area contributed by atoms with Gasteiger partial charge in [-0.3, -0.25) is 14.5 Å². The molecule has 28 heavy (non-hydrogen) atoms. The Hall–Kier alpha value is -1.96. The fraction of sp³-hybridized carbons (Fsp3) is 0.619. The first-order chi connectivity index (χ1) is 13.7. The van der Waals surface area contributed by atoms with Crippen LogP contribution < -0.4 is 15.8 Å². The third-order valence-corrected chi connectivity index (χ3v) is 6.26. The summed E-state index contributed by atoms with van der Waals surface area (Å²) in [5.41, 5.74) is 4.18. The first-order valence-corrected chi connectivity index (χ1v) is 10.3. The number of amides is 2. The first kappa shape index (κ1) is 19.4. The van der Waals surface area contributed by atoms with E-state index < -0.39 is 0 Å². The number of para-hydroxylation sites is 1. The van der Waals surface area contributed by atoms with Crippen molar-refractivity contribution in [1.29, 1.82) is 0 Å². The molecule has 0 radical (unpaired) electrons. The summed E-state index contributed by atoms with van der Waals surface area (Å²) in [6.07, 6.45) is 4.48. The van der Waals surface area contributed by atoms with E-state index in [1.165, 1.54) is 12.8 Å². The standard InChI is InChI=1S/C21H30N4O3/c1-28-12-11-24-13-17(20(26)22-15-7-5-6-8-15)19-18(14-24)21(27)25(23-19)16-9-3-2-4-10-16/h2-4,9-10,15,17-19,23H,5-8,11-14H2,1H3,(H,22,26). The number of piperidine rings is 1. The molecule has 2 N–H and O–H groups in total. The summed E-state index contributed by atoms with van der Waals surface area (Å²) >= 11 is 0. The molecule has 2 aliphatic heterocycles. The average Bonchev–Trinajstić information content (AvgIpc) is 3.34. The molecular weight excluding hydrogens is 356 g/mol. The summed E-state index contributed by atoms with van der Waals surface area (Å²) < 4.78 is 5.22. The molecule has 4 rings (SSSR count). The lowest BCUT2D eigenvalue weighted by Crippen LogP contribution is -2.58. The summed E-state index contributed by atoms with van der Waals surface area (Å²) in [5.74, 6) is -0.379. The van der Waals surface area contributed by atoms with Gasteiger partial charge in [0.05, 0.1) is 30.2 Å². The van der Waals surface area contributed by atoms with Gasteiger partial charge in [0.25, 0.3) is 0 Å². The number of ether oxygens (including phenoxy) is 1. The molecule has 0 spiro atoms. The van der Waals surface area contributed by atoms with E-state index in [2.05, 4.69) is 15.6 Å². The van der Waals surface area contributed by atoms with Crippen LogP contribution in [0.2, 0.25) is 0 Å². The lowest BCUT2D eigenvalue weighted by molar-refractivity contribution is -0.130. The van der Waals surface area contributed by atoms with Gasteiger partial charge in [0.15, 0.2) is 0 Å². The minimum Gasteiger partial charge on any atom is -0.383 e. The van der Waals surface area contributed by atoms with Gasteiger partial charge in [0.1, 0.15) is 0 Å². The van der Waals surface area contributed by atoms with Crippen LogP contribution in [0.15, 0.2) is 30.3 Å². The van der Waals surface area contributed by atoms with Crippen molar-refractivity contribution in [3.63, 3.8) is 0 Å². The molecule has 7 heteroatoms. The Morgan fingerprint density at radius 3 is 2.68 bits per heavy atom. The van der Waals surface area contributed by atoms with Crippen molar-refractivity contribution in [1.82, 2.24) is 15.6 Å². The van der Waals surface area contributed by atoms with E-state index in [1.54, 1.807) is 12.1 Å². The van der Waals surface area contributed by atoms with Crippen molar-refractivity contribution in [2.24, 2.45) is 11.8 Å². The van der Waals surface area contributed by atoms with Crippen LogP contribution in [-0.4, -0.2) is 62.1 Å². The smallest absolute Gasteiger partial charge is 0.247 e. The summed E-state index contributed by atoms with van der Waals surface area (Å²) in [7, 11) is 1.68. The molecule has 0 aromatic heterocycles. The number of nitrogens with one attached hydrogen (secondary N) is 2. The highest BCUT2D eigenvalue weighted by atomic mass is 16.5. The molecule has 2 saturated heterocycles. The van der Waals surface area contributed by atoms with E-state index >= 15 is 0 Å². The van der Waals surface area contributed by atoms with Gasteiger partial charge in [-0.2, -0.15) is 0 Å². The highest BCUT2D eigenvalue weighted by molar-refractivity contribution is 5.98. The number of hydrogen-bond donors (Lipinski definition) is 2. The summed E-state index contributed by atoms with van der Waals surface area (Å²) in [6.45, 7) is 2.62. The summed E-state index contributed by atoms with van der Waals surface area (Å²) in [5, 5.41) is 4.87. The molecule has 3 aliphatic rings. The Morgan fingerprint density at radius 1 is 1.21 bits per heavy atom. The number of benzene rings is 1. The molecule has 152 valence electrons. The summed E-state index contributed by atoms with van der Waals surface area (Å²) in [4.78, 5) is 28.5. The van der Waals surface area contributed by atoms with Crippen LogP contribution in [0.4, 0.5) is 5.69 Å². The van der Waals surface area contributed by atoms with Gasteiger partial charge in [0.2, 0.25) is 11.8 Å². The number of hydrogen-bond acceptors (Lipinski definition) is 5. The monoisotopic (exact) mass is 386 g/mol. The number of likely N-dealkylation sites (tertiary alicyclic amines) is 1. The molecule has 3 fully saturated rings. The lowest BCUT2D eigenvalue weighted by Gasteiger charge is -2.38. The molecule has 1 saturated carbocycles. The molecule has 1 aromatic rings. The van der Waals surface area contributed by atoms with E-state index in [-0.39, 0.29) is 35.7 Å². The minimum absolute atomic E-state index is 0.0389. The largest absolute Gasteiger partial charge is 0.383 e. The van der Waals surface area contributed by atoms with Crippen molar-refractivity contribution in [3.05, 3.63) is 30.3 Å². The zero-order chi connectivity index (χ0) is 19.5. The minimum atomic E-state index is -0.256. The van der Waals surface area contributed by atoms with Gasteiger partial charge >= 0.3 is 0 Å². The molecule has 1 aromatic carbocycles. The normalized spacial score (nSPS) is 28.5. The van der Waals surface area contributed by atoms with E-state index in [0.29, 0.717) is 19.7 Å². The molecule has 2 amide bonds. The number of anilines is 1. The Balaban J connectivity index is 1.53. The number of hydrazine groups is 1. The predicted molar refractivity (Wildman–Crippen MR) is 107 cm³/mol. The molecule has 3 atom stereocenters. The predicted octanol–water partition coefficient (Wildman–Crippen LogP) is 1.16. The van der Waals surface area contributed by atoms with Crippen molar-refractivity contribution >= 4 is 17.5 Å². The van der Waals surface area contributed by atoms with Crippen LogP contribution in [0.25, 0.3) is 0 Å². The number of rotatable bonds is 6. The SMILES string of the molecule is COCCN1CC(C(=O)NC2CCCC2)C2NN(c3ccccc3)C(=O)C2C1. The van der Waals surface area contributed by atoms with Gasteiger partial charge in [-0.15, -0.1) is 0 Å². The lowest BCUT2D eigenvalue weighted by atomic mass is 9.83. The maximum absolute atomic E-state index is 13.1. The second-order valence-corrected chi connectivity index (χ2v) is 8.12. The fourth-order valence-corrected chi connectivity index (χ4v) is 4.73. The Kier molecular flexibility index (Phi) is 5.94. The maximum Gasteiger partial charge on any atom is 0.247 e. The Bertz CT molecular complexity index is 692. The Labute approximate surface area is 166 Å². The van der Waals surface area contributed by atoms with Crippen molar-refractivity contribution in [3.8, 4) is 0 Å². The van der Waals surface area contributed by atoms with Gasteiger partial charge < -0.3 is 10.1 Å². The number of carbonyl (C=O) groups is 2. The topological polar surface area (TPSA) is 73.9 Å². The number of fused-ring (bicyclic) bond motifs is 1. The van der Waals surface area contributed by atoms with Crippen LogP contribution in [0.3, 0.4) is 0 Å². The van der Waals surface area contributed by atoms with Crippen LogP contribution in [-0.2, 0) is 14.3 Å². The number of methoxy groups -OCH3 is 1. The molecule has 2 heterocycles. The zero-order valence-corrected chi connectivity index (χ0v) is 16.5. The Morgan fingerprint density at radius 2 is 1.96 bits per heavy atom. The molecule has 7 nitrogen and oxygen atoms in total. The highest BCUT2D eigenvalue weighted by Crippen LogP contribution is 2.32. The third kappa shape index (κ3) is 3.92. The fourth-order valence-electron chi connectivity index (χ4n) is 4.73. The molecule has 0 bridgehead atoms. The summed E-state index contributed by atoms with van der Waals surface area (Å²) in [6, 6.07) is 9.71. The van der Waals surface area contributed by atoms with Crippen LogP contribution in [0.1, 0.15) is 25.7 Å². The zero-order valence-electron chi connectivity index (χ0n) is 16.5. The number of nitrogens with zero attached hydrogens (tertiary/aromatic N) is 2. The average molecular weight is 386 g/mol. The van der Waals surface area contributed by atoms with Crippen molar-refractivity contribution < 1.29 is 14.3 Å². The van der Waals surface area contributed by atoms with Crippen LogP contribution >= 0.6 is 0 Å². The molecule has 1 aliphatic carbocycles. The van der Waals surface area contributed by atoms with Gasteiger partial charge in [0, 0.05) is 32.8 Å². The van der Waals surface area contributed by atoms with Crippen molar-refractivity contribution in [2.75, 3.05) is 38.4 Å². The first-order valence-electron chi connectivity index (χ1n) is 10.3. The second-order valence-electron chi connectivity index (χ2n) is 8.12. The second kappa shape index (κ2) is 8.59. The van der Waals surface area contributed by atoms with Gasteiger partial charge in [-0.1, -0.05) is 31.0 Å².